The first kappa shape index (κ1) is 29.0. The van der Waals surface area contributed by atoms with Crippen molar-refractivity contribution >= 4 is 23.7 Å². The number of nitrogens with one attached hydrogen (secondary N) is 3. The molecule has 0 bridgehead atoms. The van der Waals surface area contributed by atoms with Crippen molar-refractivity contribution in [1.29, 1.82) is 0 Å². The van der Waals surface area contributed by atoms with Gasteiger partial charge in [-0.25, -0.2) is 4.79 Å². The minimum Gasteiger partial charge on any atom is -0.480 e. The minimum absolute atomic E-state index is 0.153. The maximum absolute atomic E-state index is 12.9. The number of hydrogen-bond donors (Lipinski definition) is 7. The van der Waals surface area contributed by atoms with Gasteiger partial charge in [0.25, 0.3) is 0 Å². The summed E-state index contributed by atoms with van der Waals surface area (Å²) in [6.45, 7) is 0.577. The summed E-state index contributed by atoms with van der Waals surface area (Å²) >= 11 is 0. The highest BCUT2D eigenvalue weighted by Crippen LogP contribution is 2.06. The molecule has 3 amide bonds. The van der Waals surface area contributed by atoms with Crippen LogP contribution in [-0.4, -0.2) is 66.6 Å². The van der Waals surface area contributed by atoms with Gasteiger partial charge >= 0.3 is 5.97 Å². The van der Waals surface area contributed by atoms with Crippen LogP contribution in [0.3, 0.4) is 0 Å². The summed E-state index contributed by atoms with van der Waals surface area (Å²) in [7, 11) is 0. The van der Waals surface area contributed by atoms with Crippen LogP contribution in [0.4, 0.5) is 0 Å². The largest absolute Gasteiger partial charge is 0.480 e. The van der Waals surface area contributed by atoms with Gasteiger partial charge in [-0.15, -0.1) is 0 Å². The fraction of sp³-hybridized carbons (Fsp3) is 0.565. The fourth-order valence-electron chi connectivity index (χ4n) is 3.27. The van der Waals surface area contributed by atoms with E-state index < -0.39 is 41.8 Å². The van der Waals surface area contributed by atoms with Gasteiger partial charge in [-0.1, -0.05) is 36.8 Å². The number of carboxylic acid groups (broad SMARTS) is 1. The summed E-state index contributed by atoms with van der Waals surface area (Å²) < 4.78 is 0. The number of aliphatic carboxylic acids is 1. The fourth-order valence-corrected chi connectivity index (χ4v) is 3.27. The molecule has 1 aromatic carbocycles. The number of carbonyl (C=O) groups is 4. The first-order valence-electron chi connectivity index (χ1n) is 11.6. The molecule has 0 heterocycles. The molecule has 0 aliphatic rings. The standard InChI is InChI=1S/C23H38N6O5/c24-12-6-4-10-17(26)21(31)27-15-20(30)28-19(14-16-8-2-1-3-9-16)22(32)29-18(23(33)34)11-5-7-13-25/h1-3,8-9,17-19H,4-7,10-15,24-26H2,(H,27,31)(H,28,30)(H,29,32)(H,33,34). The van der Waals surface area contributed by atoms with E-state index >= 15 is 0 Å². The smallest absolute Gasteiger partial charge is 0.326 e. The predicted octanol–water partition coefficient (Wildman–Crippen LogP) is -1.02. The van der Waals surface area contributed by atoms with Crippen LogP contribution in [0.1, 0.15) is 44.1 Å². The van der Waals surface area contributed by atoms with Crippen LogP contribution in [-0.2, 0) is 25.6 Å². The van der Waals surface area contributed by atoms with Crippen molar-refractivity contribution in [2.45, 2.75) is 63.1 Å². The summed E-state index contributed by atoms with van der Waals surface area (Å²) in [5.74, 6) is -2.84. The summed E-state index contributed by atoms with van der Waals surface area (Å²) in [5.41, 5.74) is 17.5. The van der Waals surface area contributed by atoms with E-state index in [4.69, 9.17) is 17.2 Å². The maximum atomic E-state index is 12.9. The quantitative estimate of drug-likeness (QED) is 0.138. The summed E-state index contributed by atoms with van der Waals surface area (Å²) in [4.78, 5) is 49.0. The molecule has 0 aromatic heterocycles. The Morgan fingerprint density at radius 1 is 0.824 bits per heavy atom. The Morgan fingerprint density at radius 2 is 1.44 bits per heavy atom. The molecule has 0 radical (unpaired) electrons. The summed E-state index contributed by atoms with van der Waals surface area (Å²) in [6, 6.07) is 6.13. The molecule has 0 aliphatic heterocycles. The topological polar surface area (TPSA) is 203 Å². The van der Waals surface area contributed by atoms with Crippen LogP contribution in [0.15, 0.2) is 30.3 Å². The third-order valence-electron chi connectivity index (χ3n) is 5.23. The highest BCUT2D eigenvalue weighted by Gasteiger charge is 2.27. The number of carbonyl (C=O) groups excluding carboxylic acids is 3. The van der Waals surface area contributed by atoms with E-state index in [0.717, 1.165) is 12.0 Å². The lowest BCUT2D eigenvalue weighted by Crippen LogP contribution is -2.54. The van der Waals surface area contributed by atoms with Gasteiger partial charge in [0.15, 0.2) is 0 Å². The van der Waals surface area contributed by atoms with E-state index in [9.17, 15) is 24.3 Å². The molecule has 0 aliphatic carbocycles. The highest BCUT2D eigenvalue weighted by atomic mass is 16.4. The molecule has 190 valence electrons. The molecule has 0 saturated carbocycles. The second-order valence-corrected chi connectivity index (χ2v) is 8.10. The summed E-state index contributed by atoms with van der Waals surface area (Å²) in [5, 5.41) is 17.0. The predicted molar refractivity (Wildman–Crippen MR) is 128 cm³/mol. The number of unbranched alkanes of at least 4 members (excludes halogenated alkanes) is 2. The third kappa shape index (κ3) is 11.7. The Labute approximate surface area is 200 Å². The van der Waals surface area contributed by atoms with Gasteiger partial charge in [-0.2, -0.15) is 0 Å². The van der Waals surface area contributed by atoms with Crippen LogP contribution in [0.2, 0.25) is 0 Å². The van der Waals surface area contributed by atoms with Crippen LogP contribution in [0, 0.1) is 0 Å². The molecular weight excluding hydrogens is 440 g/mol. The van der Waals surface area contributed by atoms with Crippen LogP contribution < -0.4 is 33.2 Å². The molecule has 1 rings (SSSR count). The van der Waals surface area contributed by atoms with Crippen molar-refractivity contribution in [3.05, 3.63) is 35.9 Å². The SMILES string of the molecule is NCCCCC(N)C(=O)NCC(=O)NC(Cc1ccccc1)C(=O)NC(CCCCN)C(=O)O. The molecule has 0 fully saturated rings. The van der Waals surface area contributed by atoms with E-state index in [1.807, 2.05) is 6.07 Å². The van der Waals surface area contributed by atoms with Gasteiger partial charge in [-0.05, 0) is 50.8 Å². The molecule has 1 aromatic rings. The van der Waals surface area contributed by atoms with Gasteiger partial charge in [-0.3, -0.25) is 14.4 Å². The Kier molecular flexibility index (Phi) is 14.1. The van der Waals surface area contributed by atoms with E-state index in [2.05, 4.69) is 16.0 Å². The second kappa shape index (κ2) is 16.6. The number of rotatable bonds is 17. The molecule has 34 heavy (non-hydrogen) atoms. The zero-order valence-corrected chi connectivity index (χ0v) is 19.5. The van der Waals surface area contributed by atoms with E-state index in [0.29, 0.717) is 38.8 Å². The Hall–Kier alpha value is -3.02. The van der Waals surface area contributed by atoms with Crippen LogP contribution in [0.25, 0.3) is 0 Å². The average molecular weight is 479 g/mol. The van der Waals surface area contributed by atoms with E-state index in [1.54, 1.807) is 24.3 Å². The molecule has 3 atom stereocenters. The Bertz CT molecular complexity index is 776. The molecule has 3 unspecified atom stereocenters. The van der Waals surface area contributed by atoms with Gasteiger partial charge in [0, 0.05) is 6.42 Å². The van der Waals surface area contributed by atoms with Crippen molar-refractivity contribution < 1.29 is 24.3 Å². The first-order valence-corrected chi connectivity index (χ1v) is 11.6. The lowest BCUT2D eigenvalue weighted by Gasteiger charge is -2.22. The van der Waals surface area contributed by atoms with Crippen molar-refractivity contribution in [3.63, 3.8) is 0 Å². The van der Waals surface area contributed by atoms with Crippen molar-refractivity contribution in [1.82, 2.24) is 16.0 Å². The average Bonchev–Trinajstić information content (AvgIpc) is 2.82. The van der Waals surface area contributed by atoms with Gasteiger partial charge in [0.1, 0.15) is 12.1 Å². The number of benzene rings is 1. The molecule has 0 spiro atoms. The Balaban J connectivity index is 2.75. The zero-order chi connectivity index (χ0) is 25.3. The second-order valence-electron chi connectivity index (χ2n) is 8.10. The number of carboxylic acids is 1. The van der Waals surface area contributed by atoms with Crippen molar-refractivity contribution in [3.8, 4) is 0 Å². The number of hydrogen-bond acceptors (Lipinski definition) is 7. The lowest BCUT2D eigenvalue weighted by molar-refractivity contribution is -0.142. The van der Waals surface area contributed by atoms with E-state index in [-0.39, 0.29) is 19.4 Å². The van der Waals surface area contributed by atoms with Crippen LogP contribution >= 0.6 is 0 Å². The molecule has 11 heteroatoms. The third-order valence-corrected chi connectivity index (χ3v) is 5.23. The Morgan fingerprint density at radius 3 is 2.03 bits per heavy atom. The normalized spacial score (nSPS) is 13.4. The number of nitrogens with two attached hydrogens (primary N) is 3. The lowest BCUT2D eigenvalue weighted by atomic mass is 10.0. The van der Waals surface area contributed by atoms with Crippen molar-refractivity contribution in [2.24, 2.45) is 17.2 Å². The van der Waals surface area contributed by atoms with Crippen molar-refractivity contribution in [2.75, 3.05) is 19.6 Å². The molecule has 10 N–H and O–H groups in total. The first-order chi connectivity index (χ1) is 16.3. The monoisotopic (exact) mass is 478 g/mol. The van der Waals surface area contributed by atoms with Crippen LogP contribution in [0.5, 0.6) is 0 Å². The molecule has 11 nitrogen and oxygen atoms in total. The number of amides is 3. The minimum atomic E-state index is -1.16. The van der Waals surface area contributed by atoms with Gasteiger partial charge in [0.2, 0.25) is 17.7 Å². The molecular formula is C23H38N6O5. The highest BCUT2D eigenvalue weighted by molar-refractivity contribution is 5.92. The van der Waals surface area contributed by atoms with Gasteiger partial charge in [0.05, 0.1) is 12.6 Å². The van der Waals surface area contributed by atoms with E-state index in [1.165, 1.54) is 0 Å². The maximum Gasteiger partial charge on any atom is 0.326 e. The van der Waals surface area contributed by atoms with Gasteiger partial charge < -0.3 is 38.3 Å². The zero-order valence-electron chi connectivity index (χ0n) is 19.5. The summed E-state index contributed by atoms with van der Waals surface area (Å²) in [6.07, 6.45) is 3.46. The molecule has 0 saturated heterocycles.